The van der Waals surface area contributed by atoms with Crippen LogP contribution in [0.25, 0.3) is 11.0 Å². The Labute approximate surface area is 202 Å². The summed E-state index contributed by atoms with van der Waals surface area (Å²) in [4.78, 5) is 21.3. The molecular formula is C23H21BrF3N5O2. The normalized spacial score (nSPS) is 17.1. The van der Waals surface area contributed by atoms with E-state index < -0.39 is 6.36 Å². The molecule has 0 aliphatic carbocycles. The van der Waals surface area contributed by atoms with Gasteiger partial charge in [-0.2, -0.15) is 5.26 Å². The second-order valence-electron chi connectivity index (χ2n) is 8.18. The fourth-order valence-electron chi connectivity index (χ4n) is 4.22. The number of alkyl halides is 3. The van der Waals surface area contributed by atoms with Gasteiger partial charge in [0.2, 0.25) is 0 Å². The number of rotatable bonds is 4. The van der Waals surface area contributed by atoms with Gasteiger partial charge in [-0.05, 0) is 36.8 Å². The number of benzene rings is 1. The van der Waals surface area contributed by atoms with Gasteiger partial charge < -0.3 is 14.2 Å². The molecule has 1 aliphatic heterocycles. The molecule has 1 aromatic carbocycles. The van der Waals surface area contributed by atoms with Crippen LogP contribution in [0.2, 0.25) is 0 Å². The standard InChI is InChI=1S/C23H21BrF3N5O2/c1-14-12-31(13-15-3-5-17(9-18(15)24)34-23(25,26)27)7-8-32(14)20-10-21(33)30(2)19-6-4-16(11-28)29-22(19)20/h3-6,9-10,14H,7-8,12-13H2,1-2H3/t14-/m0/s1. The fraction of sp³-hybridized carbons (Fsp3) is 0.348. The Morgan fingerprint density at radius 2 is 2.00 bits per heavy atom. The molecule has 0 unspecified atom stereocenters. The van der Waals surface area contributed by atoms with Gasteiger partial charge in [-0.3, -0.25) is 9.69 Å². The van der Waals surface area contributed by atoms with Crippen LogP contribution in [0.3, 0.4) is 0 Å². The lowest BCUT2D eigenvalue weighted by Crippen LogP contribution is -2.52. The first-order valence-corrected chi connectivity index (χ1v) is 11.3. The van der Waals surface area contributed by atoms with E-state index in [2.05, 4.69) is 35.5 Å². The van der Waals surface area contributed by atoms with Crippen molar-refractivity contribution in [3.63, 3.8) is 0 Å². The zero-order valence-corrected chi connectivity index (χ0v) is 20.0. The summed E-state index contributed by atoms with van der Waals surface area (Å²) in [6.45, 7) is 4.54. The molecule has 0 radical (unpaired) electrons. The van der Waals surface area contributed by atoms with Crippen LogP contribution in [0.5, 0.6) is 5.75 Å². The molecule has 1 aliphatic rings. The lowest BCUT2D eigenvalue weighted by molar-refractivity contribution is -0.274. The van der Waals surface area contributed by atoms with E-state index in [-0.39, 0.29) is 23.0 Å². The van der Waals surface area contributed by atoms with Crippen LogP contribution < -0.4 is 15.2 Å². The summed E-state index contributed by atoms with van der Waals surface area (Å²) in [6, 6.07) is 11.2. The first kappa shape index (κ1) is 24.0. The first-order valence-electron chi connectivity index (χ1n) is 10.5. The van der Waals surface area contributed by atoms with Gasteiger partial charge in [0.25, 0.3) is 5.56 Å². The second-order valence-corrected chi connectivity index (χ2v) is 9.04. The number of ether oxygens (including phenoxy) is 1. The maximum absolute atomic E-state index is 12.6. The fourth-order valence-corrected chi connectivity index (χ4v) is 4.71. The monoisotopic (exact) mass is 535 g/mol. The molecule has 11 heteroatoms. The largest absolute Gasteiger partial charge is 0.573 e. The number of aryl methyl sites for hydroxylation is 1. The number of fused-ring (bicyclic) bond motifs is 1. The van der Waals surface area contributed by atoms with Crippen molar-refractivity contribution in [1.82, 2.24) is 14.5 Å². The molecule has 4 rings (SSSR count). The van der Waals surface area contributed by atoms with Crippen molar-refractivity contribution in [1.29, 1.82) is 5.26 Å². The summed E-state index contributed by atoms with van der Waals surface area (Å²) < 4.78 is 43.4. The Balaban J connectivity index is 1.54. The molecule has 1 saturated heterocycles. The van der Waals surface area contributed by atoms with Gasteiger partial charge in [-0.15, -0.1) is 13.2 Å². The van der Waals surface area contributed by atoms with Crippen molar-refractivity contribution >= 4 is 32.7 Å². The van der Waals surface area contributed by atoms with Crippen LogP contribution >= 0.6 is 15.9 Å². The zero-order chi connectivity index (χ0) is 24.6. The van der Waals surface area contributed by atoms with E-state index in [1.54, 1.807) is 31.3 Å². The number of hydrogen-bond donors (Lipinski definition) is 0. The SMILES string of the molecule is C[C@H]1CN(Cc2ccc(OC(F)(F)F)cc2Br)CCN1c1cc(=O)n(C)c2ccc(C#N)nc12. The third kappa shape index (κ3) is 5.03. The third-order valence-electron chi connectivity index (χ3n) is 5.86. The number of nitriles is 1. The van der Waals surface area contributed by atoms with Crippen LogP contribution in [-0.2, 0) is 13.6 Å². The van der Waals surface area contributed by atoms with Crippen molar-refractivity contribution < 1.29 is 17.9 Å². The Morgan fingerprint density at radius 3 is 2.65 bits per heavy atom. The van der Waals surface area contributed by atoms with Crippen LogP contribution in [0, 0.1) is 11.3 Å². The summed E-state index contributed by atoms with van der Waals surface area (Å²) in [6.07, 6.45) is -4.74. The van der Waals surface area contributed by atoms with Gasteiger partial charge in [-0.25, -0.2) is 4.98 Å². The van der Waals surface area contributed by atoms with E-state index in [1.165, 1.54) is 16.7 Å². The number of anilines is 1. The number of halogens is 4. The average Bonchev–Trinajstić information content (AvgIpc) is 2.77. The molecule has 34 heavy (non-hydrogen) atoms. The molecule has 3 aromatic rings. The molecular weight excluding hydrogens is 515 g/mol. The van der Waals surface area contributed by atoms with Gasteiger partial charge in [0.1, 0.15) is 23.0 Å². The number of aromatic nitrogens is 2. The highest BCUT2D eigenvalue weighted by atomic mass is 79.9. The Kier molecular flexibility index (Phi) is 6.55. The van der Waals surface area contributed by atoms with Gasteiger partial charge in [-0.1, -0.05) is 22.0 Å². The highest BCUT2D eigenvalue weighted by Gasteiger charge is 2.31. The second kappa shape index (κ2) is 9.27. The number of nitrogens with zero attached hydrogens (tertiary/aromatic N) is 5. The minimum atomic E-state index is -4.74. The van der Waals surface area contributed by atoms with Crippen molar-refractivity contribution in [3.8, 4) is 11.8 Å². The van der Waals surface area contributed by atoms with Crippen molar-refractivity contribution in [2.75, 3.05) is 24.5 Å². The molecule has 0 spiro atoms. The highest BCUT2D eigenvalue weighted by molar-refractivity contribution is 9.10. The van der Waals surface area contributed by atoms with Gasteiger partial charge >= 0.3 is 6.36 Å². The van der Waals surface area contributed by atoms with Crippen molar-refractivity contribution in [2.24, 2.45) is 7.05 Å². The van der Waals surface area contributed by atoms with E-state index >= 15 is 0 Å². The minimum Gasteiger partial charge on any atom is -0.406 e. The van der Waals surface area contributed by atoms with Crippen LogP contribution in [0.15, 0.2) is 45.7 Å². The van der Waals surface area contributed by atoms with Crippen LogP contribution in [0.1, 0.15) is 18.2 Å². The summed E-state index contributed by atoms with van der Waals surface area (Å²) in [5.74, 6) is -0.275. The molecule has 2 aromatic heterocycles. The summed E-state index contributed by atoms with van der Waals surface area (Å²) >= 11 is 3.34. The molecule has 0 saturated carbocycles. The maximum Gasteiger partial charge on any atom is 0.573 e. The van der Waals surface area contributed by atoms with Crippen LogP contribution in [0.4, 0.5) is 18.9 Å². The van der Waals surface area contributed by atoms with E-state index in [9.17, 15) is 23.2 Å². The van der Waals surface area contributed by atoms with E-state index in [0.717, 1.165) is 5.56 Å². The topological polar surface area (TPSA) is 74.4 Å². The molecule has 1 atom stereocenters. The zero-order valence-electron chi connectivity index (χ0n) is 18.4. The minimum absolute atomic E-state index is 0.0307. The van der Waals surface area contributed by atoms with Crippen LogP contribution in [-0.4, -0.2) is 46.5 Å². The average molecular weight is 536 g/mol. The van der Waals surface area contributed by atoms with E-state index in [0.29, 0.717) is 47.4 Å². The number of piperazine rings is 1. The molecule has 0 amide bonds. The predicted octanol–water partition coefficient (Wildman–Crippen LogP) is 4.18. The summed E-state index contributed by atoms with van der Waals surface area (Å²) in [5.41, 5.74) is 2.91. The van der Waals surface area contributed by atoms with Crippen molar-refractivity contribution in [2.45, 2.75) is 25.9 Å². The summed E-state index contributed by atoms with van der Waals surface area (Å²) in [5, 5.41) is 9.28. The molecule has 7 nitrogen and oxygen atoms in total. The maximum atomic E-state index is 12.6. The first-order chi connectivity index (χ1) is 16.1. The summed E-state index contributed by atoms with van der Waals surface area (Å²) in [7, 11) is 1.67. The lowest BCUT2D eigenvalue weighted by atomic mass is 10.1. The number of pyridine rings is 2. The Hall–Kier alpha value is -3.10. The molecule has 1 fully saturated rings. The van der Waals surface area contributed by atoms with Gasteiger partial charge in [0, 0.05) is 49.8 Å². The third-order valence-corrected chi connectivity index (χ3v) is 6.59. The van der Waals surface area contributed by atoms with Gasteiger partial charge in [0.05, 0.1) is 11.2 Å². The highest BCUT2D eigenvalue weighted by Crippen LogP contribution is 2.30. The Bertz CT molecular complexity index is 1340. The lowest BCUT2D eigenvalue weighted by Gasteiger charge is -2.41. The number of hydrogen-bond acceptors (Lipinski definition) is 6. The Morgan fingerprint density at radius 1 is 1.24 bits per heavy atom. The molecule has 0 bridgehead atoms. The van der Waals surface area contributed by atoms with E-state index in [4.69, 9.17) is 0 Å². The van der Waals surface area contributed by atoms with E-state index in [1.807, 2.05) is 13.0 Å². The predicted molar refractivity (Wildman–Crippen MR) is 125 cm³/mol. The quantitative estimate of drug-likeness (QED) is 0.499. The molecule has 0 N–H and O–H groups in total. The molecule has 178 valence electrons. The van der Waals surface area contributed by atoms with Gasteiger partial charge in [0.15, 0.2) is 0 Å². The molecule has 3 heterocycles. The smallest absolute Gasteiger partial charge is 0.406 e. The van der Waals surface area contributed by atoms with Crippen molar-refractivity contribution in [3.05, 3.63) is 62.5 Å².